The van der Waals surface area contributed by atoms with Gasteiger partial charge in [0, 0.05) is 0 Å². The third-order valence-corrected chi connectivity index (χ3v) is 2.90. The number of halogens is 18. The van der Waals surface area contributed by atoms with E-state index in [4.69, 9.17) is 0 Å². The van der Waals surface area contributed by atoms with E-state index in [9.17, 15) is 83.8 Å². The molecule has 0 amide bonds. The maximum absolute atomic E-state index is 13.0. The normalized spacial score (nSPS) is 16.1. The fourth-order valence-corrected chi connectivity index (χ4v) is 1.31. The number of rotatable bonds is 7. The Bertz CT molecular complexity index is 630. The van der Waals surface area contributed by atoms with Crippen LogP contribution in [0.2, 0.25) is 0 Å². The Hall–Kier alpha value is -1.79. The first-order valence-corrected chi connectivity index (χ1v) is 5.76. The molecule has 0 spiro atoms. The van der Waals surface area contributed by atoms with Crippen molar-refractivity contribution in [3.8, 4) is 0 Å². The van der Waals surface area contributed by atoms with Gasteiger partial charge in [0.05, 0.1) is 0 Å². The number of hydrogen-bond donors (Lipinski definition) is 0. The fraction of sp³-hybridized carbons (Fsp3) is 0.889. The van der Waals surface area contributed by atoms with Crippen molar-refractivity contribution < 1.29 is 88.6 Å². The highest BCUT2D eigenvalue weighted by atomic mass is 19.4. The van der Waals surface area contributed by atoms with E-state index in [0.717, 1.165) is 0 Å². The van der Waals surface area contributed by atoms with E-state index in [1.54, 1.807) is 4.74 Å². The van der Waals surface area contributed by atoms with E-state index < -0.39 is 54.0 Å². The second-order valence-electron chi connectivity index (χ2n) is 4.80. The first kappa shape index (κ1) is 27.2. The zero-order valence-electron chi connectivity index (χ0n) is 12.1. The second-order valence-corrected chi connectivity index (χ2v) is 4.80. The average molecular weight is 482 g/mol. The van der Waals surface area contributed by atoms with E-state index in [0.29, 0.717) is 0 Å². The van der Waals surface area contributed by atoms with Crippen LogP contribution in [0.15, 0.2) is 0 Å². The number of carbonyl (C=O) groups is 1. The summed E-state index contributed by atoms with van der Waals surface area (Å²) in [6.07, 6.45) is -19.5. The minimum atomic E-state index is -8.81. The third-order valence-electron chi connectivity index (χ3n) is 2.90. The Morgan fingerprint density at radius 2 is 0.690 bits per heavy atom. The largest absolute Gasteiger partial charge is 0.500 e. The lowest BCUT2D eigenvalue weighted by molar-refractivity contribution is -0.473. The molecule has 0 aromatic rings. The molecule has 0 bridgehead atoms. The molecule has 20 heteroatoms. The van der Waals surface area contributed by atoms with E-state index >= 15 is 0 Å². The summed E-state index contributed by atoms with van der Waals surface area (Å²) < 4.78 is 228. The molecule has 174 valence electrons. The van der Waals surface area contributed by atoms with Crippen LogP contribution >= 0.6 is 0 Å². The van der Waals surface area contributed by atoms with Crippen molar-refractivity contribution >= 4 is 6.22 Å². The van der Waals surface area contributed by atoms with Crippen molar-refractivity contribution in [2.24, 2.45) is 0 Å². The standard InChI is InChI=1S/C9F18O2/c10-1(28)29-9(26,27)7(21,22)5(17,18)3(13,14)2(11,12)4(15,16)6(19,20)8(23,24)25. The maximum atomic E-state index is 13.0. The van der Waals surface area contributed by atoms with Crippen LogP contribution in [0.4, 0.5) is 83.8 Å². The van der Waals surface area contributed by atoms with Gasteiger partial charge in [0.1, 0.15) is 0 Å². The first-order valence-electron chi connectivity index (χ1n) is 5.76. The van der Waals surface area contributed by atoms with Crippen molar-refractivity contribution in [2.75, 3.05) is 0 Å². The van der Waals surface area contributed by atoms with Gasteiger partial charge in [0.2, 0.25) is 0 Å². The molecule has 0 heterocycles. The van der Waals surface area contributed by atoms with E-state index in [-0.39, 0.29) is 0 Å². The molecule has 0 saturated carbocycles. The quantitative estimate of drug-likeness (QED) is 0.326. The lowest BCUT2D eigenvalue weighted by atomic mass is 9.90. The zero-order chi connectivity index (χ0) is 24.3. The zero-order valence-corrected chi connectivity index (χ0v) is 12.1. The molecule has 0 aliphatic carbocycles. The van der Waals surface area contributed by atoms with Gasteiger partial charge in [-0.05, 0) is 0 Å². The van der Waals surface area contributed by atoms with Crippen molar-refractivity contribution in [3.63, 3.8) is 0 Å². The predicted molar refractivity (Wildman–Crippen MR) is 48.3 cm³/mol. The highest BCUT2D eigenvalue weighted by molar-refractivity contribution is 5.58. The molecule has 0 radical (unpaired) electrons. The van der Waals surface area contributed by atoms with Crippen molar-refractivity contribution in [1.29, 1.82) is 0 Å². The van der Waals surface area contributed by atoms with Crippen LogP contribution in [0.25, 0.3) is 0 Å². The molecule has 0 fully saturated rings. The Balaban J connectivity index is 6.69. The van der Waals surface area contributed by atoms with Gasteiger partial charge in [-0.2, -0.15) is 74.6 Å². The van der Waals surface area contributed by atoms with Crippen molar-refractivity contribution in [2.45, 2.75) is 47.8 Å². The fourth-order valence-electron chi connectivity index (χ4n) is 1.31. The molecule has 0 N–H and O–H groups in total. The first-order chi connectivity index (χ1) is 12.2. The van der Waals surface area contributed by atoms with Gasteiger partial charge < -0.3 is 4.74 Å². The molecular weight excluding hydrogens is 482 g/mol. The van der Waals surface area contributed by atoms with Gasteiger partial charge in [-0.1, -0.05) is 0 Å². The Kier molecular flexibility index (Phi) is 6.20. The van der Waals surface area contributed by atoms with Gasteiger partial charge in [0.25, 0.3) is 0 Å². The van der Waals surface area contributed by atoms with E-state index in [1.165, 1.54) is 0 Å². The molecule has 0 aliphatic rings. The van der Waals surface area contributed by atoms with E-state index in [1.807, 2.05) is 0 Å². The highest BCUT2D eigenvalue weighted by Crippen LogP contribution is 2.63. The molecule has 0 rings (SSSR count). The molecule has 0 aromatic heterocycles. The summed E-state index contributed by atoms with van der Waals surface area (Å²) >= 11 is 0. The second kappa shape index (κ2) is 6.61. The SMILES string of the molecule is O=C(F)OC(F)(F)C(F)(F)C(F)(F)C(F)(F)C(F)(F)C(F)(F)C(F)(F)C(F)(F)F. The van der Waals surface area contributed by atoms with Gasteiger partial charge in [0.15, 0.2) is 0 Å². The Labute approximate surface area is 144 Å². The molecule has 0 atom stereocenters. The summed E-state index contributed by atoms with van der Waals surface area (Å²) in [7, 11) is 0. The minimum Gasteiger partial charge on any atom is -0.370 e. The lowest BCUT2D eigenvalue weighted by Crippen LogP contribution is -2.74. The molecular formula is C9F18O2. The molecule has 2 nitrogen and oxygen atoms in total. The summed E-state index contributed by atoms with van der Waals surface area (Å²) in [6, 6.07) is 0. The monoisotopic (exact) mass is 482 g/mol. The van der Waals surface area contributed by atoms with Crippen LogP contribution in [0.1, 0.15) is 0 Å². The van der Waals surface area contributed by atoms with E-state index in [2.05, 4.69) is 0 Å². The Morgan fingerprint density at radius 1 is 0.448 bits per heavy atom. The maximum Gasteiger partial charge on any atom is 0.500 e. The summed E-state index contributed by atoms with van der Waals surface area (Å²) in [5.41, 5.74) is 0. The molecule has 0 saturated heterocycles. The third kappa shape index (κ3) is 3.50. The number of ether oxygens (including phenoxy) is 1. The molecule has 0 aromatic carbocycles. The summed E-state index contributed by atoms with van der Waals surface area (Å²) in [5.74, 6) is -51.4. The van der Waals surface area contributed by atoms with Crippen LogP contribution in [-0.2, 0) is 4.74 Å². The minimum absolute atomic E-state index is 1.54. The van der Waals surface area contributed by atoms with Crippen LogP contribution in [0.3, 0.4) is 0 Å². The van der Waals surface area contributed by atoms with Crippen molar-refractivity contribution in [1.82, 2.24) is 0 Å². The van der Waals surface area contributed by atoms with Gasteiger partial charge >= 0.3 is 54.0 Å². The summed E-state index contributed by atoms with van der Waals surface area (Å²) in [4.78, 5) is 9.45. The van der Waals surface area contributed by atoms with Gasteiger partial charge in [-0.3, -0.25) is 0 Å². The predicted octanol–water partition coefficient (Wildman–Crippen LogP) is 6.06. The van der Waals surface area contributed by atoms with Crippen molar-refractivity contribution in [3.05, 3.63) is 0 Å². The lowest BCUT2D eigenvalue weighted by Gasteiger charge is -2.42. The highest BCUT2D eigenvalue weighted by Gasteiger charge is 2.95. The van der Waals surface area contributed by atoms with Gasteiger partial charge in [-0.25, -0.2) is 4.79 Å². The average Bonchev–Trinajstić information content (AvgIpc) is 2.43. The smallest absolute Gasteiger partial charge is 0.370 e. The molecule has 29 heavy (non-hydrogen) atoms. The molecule has 0 unspecified atom stereocenters. The molecule has 0 aliphatic heterocycles. The topological polar surface area (TPSA) is 26.3 Å². The van der Waals surface area contributed by atoms with Crippen LogP contribution in [0.5, 0.6) is 0 Å². The Morgan fingerprint density at radius 3 is 0.931 bits per heavy atom. The summed E-state index contributed by atoms with van der Waals surface area (Å²) in [5, 5.41) is 0. The number of alkyl halides is 17. The van der Waals surface area contributed by atoms with Crippen LogP contribution in [-0.4, -0.2) is 54.0 Å². The number of hydrogen-bond acceptors (Lipinski definition) is 2. The summed E-state index contributed by atoms with van der Waals surface area (Å²) in [6.45, 7) is 0. The van der Waals surface area contributed by atoms with Gasteiger partial charge in [-0.15, -0.1) is 4.39 Å². The van der Waals surface area contributed by atoms with Crippen LogP contribution in [0, 0.1) is 0 Å². The van der Waals surface area contributed by atoms with Crippen LogP contribution < -0.4 is 0 Å². The number of carbonyl (C=O) groups excluding carboxylic acids is 1.